The van der Waals surface area contributed by atoms with Crippen molar-refractivity contribution >= 4 is 39.8 Å². The van der Waals surface area contributed by atoms with Crippen LogP contribution in [0.5, 0.6) is 0 Å². The van der Waals surface area contributed by atoms with Gasteiger partial charge in [-0.2, -0.15) is 0 Å². The number of amidine groups is 1. The second-order valence-electron chi connectivity index (χ2n) is 6.42. The Morgan fingerprint density at radius 2 is 2.20 bits per heavy atom. The normalized spacial score (nSPS) is 19.1. The van der Waals surface area contributed by atoms with Crippen LogP contribution >= 0.6 is 11.8 Å². The summed E-state index contributed by atoms with van der Waals surface area (Å²) in [6.07, 6.45) is 4.40. The number of pyridine rings is 1. The summed E-state index contributed by atoms with van der Waals surface area (Å²) in [7, 11) is 0. The summed E-state index contributed by atoms with van der Waals surface area (Å²) in [6, 6.07) is 9.60. The van der Waals surface area contributed by atoms with E-state index in [1.54, 1.807) is 6.20 Å². The maximum absolute atomic E-state index is 12.2. The van der Waals surface area contributed by atoms with E-state index in [2.05, 4.69) is 29.1 Å². The van der Waals surface area contributed by atoms with E-state index < -0.39 is 0 Å². The number of aliphatic hydroxyl groups excluding tert-OH is 1. The zero-order chi connectivity index (χ0) is 17.8. The summed E-state index contributed by atoms with van der Waals surface area (Å²) in [5.74, 6) is 0.279. The highest BCUT2D eigenvalue weighted by molar-refractivity contribution is 8.18. The van der Waals surface area contributed by atoms with Crippen molar-refractivity contribution in [3.63, 3.8) is 0 Å². The van der Waals surface area contributed by atoms with Crippen molar-refractivity contribution in [2.45, 2.75) is 26.3 Å². The highest BCUT2D eigenvalue weighted by atomic mass is 32.2. The summed E-state index contributed by atoms with van der Waals surface area (Å²) in [4.78, 5) is 21.6. The number of aliphatic imine (C=N–C) groups is 1. The Labute approximate surface area is 151 Å². The summed E-state index contributed by atoms with van der Waals surface area (Å²) < 4.78 is 0. The molecule has 0 bridgehead atoms. The summed E-state index contributed by atoms with van der Waals surface area (Å²) >= 11 is 1.31. The van der Waals surface area contributed by atoms with Gasteiger partial charge in [-0.05, 0) is 53.9 Å². The molecule has 1 aliphatic heterocycles. The second kappa shape index (κ2) is 7.80. The SMILES string of the molecule is CC(C)CC(CO)N=C1NC(=O)C(=Cc2ccc3ncccc3c2)S1. The van der Waals surface area contributed by atoms with Crippen LogP contribution in [-0.4, -0.2) is 33.8 Å². The van der Waals surface area contributed by atoms with Gasteiger partial charge in [-0.3, -0.25) is 14.8 Å². The zero-order valence-corrected chi connectivity index (χ0v) is 15.1. The summed E-state index contributed by atoms with van der Waals surface area (Å²) in [6.45, 7) is 4.15. The lowest BCUT2D eigenvalue weighted by atomic mass is 10.1. The van der Waals surface area contributed by atoms with Crippen molar-refractivity contribution in [1.82, 2.24) is 10.3 Å². The molecule has 2 heterocycles. The number of aliphatic hydroxyl groups is 1. The van der Waals surface area contributed by atoms with Gasteiger partial charge in [-0.1, -0.05) is 26.0 Å². The molecule has 0 radical (unpaired) electrons. The molecule has 1 fully saturated rings. The lowest BCUT2D eigenvalue weighted by molar-refractivity contribution is -0.115. The first-order valence-corrected chi connectivity index (χ1v) is 9.11. The van der Waals surface area contributed by atoms with Crippen molar-refractivity contribution in [3.8, 4) is 0 Å². The van der Waals surface area contributed by atoms with Crippen LogP contribution in [0.2, 0.25) is 0 Å². The average molecular weight is 355 g/mol. The lowest BCUT2D eigenvalue weighted by Gasteiger charge is -2.12. The predicted octanol–water partition coefficient (Wildman–Crippen LogP) is 3.20. The Bertz CT molecular complexity index is 845. The number of hydrogen-bond acceptors (Lipinski definition) is 5. The maximum Gasteiger partial charge on any atom is 0.264 e. The summed E-state index contributed by atoms with van der Waals surface area (Å²) in [5, 5.41) is 13.8. The van der Waals surface area contributed by atoms with Gasteiger partial charge in [0.1, 0.15) is 0 Å². The molecule has 25 heavy (non-hydrogen) atoms. The van der Waals surface area contributed by atoms with Crippen LogP contribution < -0.4 is 5.32 Å². The van der Waals surface area contributed by atoms with E-state index in [1.807, 2.05) is 36.4 Å². The molecule has 5 nitrogen and oxygen atoms in total. The molecule has 1 aromatic carbocycles. The molecule has 1 saturated heterocycles. The van der Waals surface area contributed by atoms with E-state index in [0.29, 0.717) is 16.0 Å². The van der Waals surface area contributed by atoms with Crippen LogP contribution in [-0.2, 0) is 4.79 Å². The monoisotopic (exact) mass is 355 g/mol. The topological polar surface area (TPSA) is 74.6 Å². The largest absolute Gasteiger partial charge is 0.394 e. The van der Waals surface area contributed by atoms with Crippen molar-refractivity contribution < 1.29 is 9.90 Å². The number of carbonyl (C=O) groups excluding carboxylic acids is 1. The van der Waals surface area contributed by atoms with E-state index in [-0.39, 0.29) is 18.6 Å². The standard InChI is InChI=1S/C19H21N3O2S/c1-12(2)8-15(11-23)21-19-22-18(24)17(25-19)10-13-5-6-16-14(9-13)4-3-7-20-16/h3-7,9-10,12,15,23H,8,11H2,1-2H3,(H,21,22,24). The molecule has 1 atom stereocenters. The van der Waals surface area contributed by atoms with E-state index in [0.717, 1.165) is 22.9 Å². The Morgan fingerprint density at radius 1 is 1.36 bits per heavy atom. The Balaban J connectivity index is 1.80. The number of nitrogens with zero attached hydrogens (tertiary/aromatic N) is 2. The van der Waals surface area contributed by atoms with E-state index in [9.17, 15) is 9.90 Å². The van der Waals surface area contributed by atoms with Gasteiger partial charge in [-0.25, -0.2) is 0 Å². The highest BCUT2D eigenvalue weighted by Crippen LogP contribution is 2.27. The molecular formula is C19H21N3O2S. The third kappa shape index (κ3) is 4.46. The molecule has 0 aliphatic carbocycles. The number of fused-ring (bicyclic) bond motifs is 1. The Hall–Kier alpha value is -2.18. The number of thioether (sulfide) groups is 1. The van der Waals surface area contributed by atoms with Gasteiger partial charge < -0.3 is 10.4 Å². The van der Waals surface area contributed by atoms with Crippen LogP contribution in [0.1, 0.15) is 25.8 Å². The van der Waals surface area contributed by atoms with Crippen molar-refractivity contribution in [2.24, 2.45) is 10.9 Å². The quantitative estimate of drug-likeness (QED) is 0.808. The van der Waals surface area contributed by atoms with Crippen LogP contribution in [0.4, 0.5) is 0 Å². The average Bonchev–Trinajstić information content (AvgIpc) is 2.93. The minimum Gasteiger partial charge on any atom is -0.394 e. The van der Waals surface area contributed by atoms with Gasteiger partial charge >= 0.3 is 0 Å². The van der Waals surface area contributed by atoms with Gasteiger partial charge in [0.05, 0.1) is 23.1 Å². The van der Waals surface area contributed by atoms with Crippen LogP contribution in [0.3, 0.4) is 0 Å². The molecule has 0 spiro atoms. The smallest absolute Gasteiger partial charge is 0.264 e. The third-order valence-electron chi connectivity index (χ3n) is 3.83. The van der Waals surface area contributed by atoms with E-state index in [4.69, 9.17) is 0 Å². The number of nitrogens with one attached hydrogen (secondary N) is 1. The molecule has 6 heteroatoms. The summed E-state index contributed by atoms with van der Waals surface area (Å²) in [5.41, 5.74) is 1.87. The Kier molecular flexibility index (Phi) is 5.50. The van der Waals surface area contributed by atoms with Crippen LogP contribution in [0.25, 0.3) is 17.0 Å². The molecule has 2 N–H and O–H groups in total. The highest BCUT2D eigenvalue weighted by Gasteiger charge is 2.24. The van der Waals surface area contributed by atoms with Crippen molar-refractivity contribution in [2.75, 3.05) is 6.61 Å². The van der Waals surface area contributed by atoms with Gasteiger partial charge in [0.2, 0.25) is 0 Å². The second-order valence-corrected chi connectivity index (χ2v) is 7.45. The fourth-order valence-corrected chi connectivity index (χ4v) is 3.59. The molecule has 130 valence electrons. The van der Waals surface area contributed by atoms with Gasteiger partial charge in [0.25, 0.3) is 5.91 Å². The van der Waals surface area contributed by atoms with Gasteiger partial charge in [-0.15, -0.1) is 0 Å². The lowest BCUT2D eigenvalue weighted by Crippen LogP contribution is -2.23. The number of amides is 1. The number of benzene rings is 1. The fraction of sp³-hybridized carbons (Fsp3) is 0.316. The molecule has 1 unspecified atom stereocenters. The molecule has 0 saturated carbocycles. The first-order chi connectivity index (χ1) is 12.0. The molecular weight excluding hydrogens is 334 g/mol. The maximum atomic E-state index is 12.2. The number of carbonyl (C=O) groups is 1. The number of hydrogen-bond donors (Lipinski definition) is 2. The van der Waals surface area contributed by atoms with E-state index >= 15 is 0 Å². The number of rotatable bonds is 5. The minimum absolute atomic E-state index is 0.0190. The fourth-order valence-electron chi connectivity index (χ4n) is 2.70. The van der Waals surface area contributed by atoms with Crippen molar-refractivity contribution in [3.05, 3.63) is 47.0 Å². The third-order valence-corrected chi connectivity index (χ3v) is 4.75. The molecule has 1 amide bonds. The zero-order valence-electron chi connectivity index (χ0n) is 14.3. The Morgan fingerprint density at radius 3 is 2.96 bits per heavy atom. The minimum atomic E-state index is -0.186. The molecule has 1 aliphatic rings. The van der Waals surface area contributed by atoms with Crippen LogP contribution in [0, 0.1) is 5.92 Å². The number of aromatic nitrogens is 1. The molecule has 2 aromatic rings. The van der Waals surface area contributed by atoms with E-state index in [1.165, 1.54) is 11.8 Å². The van der Waals surface area contributed by atoms with Crippen LogP contribution in [0.15, 0.2) is 46.4 Å². The van der Waals surface area contributed by atoms with Gasteiger partial charge in [0.15, 0.2) is 5.17 Å². The first kappa shape index (κ1) is 17.6. The van der Waals surface area contributed by atoms with Crippen molar-refractivity contribution in [1.29, 1.82) is 0 Å². The first-order valence-electron chi connectivity index (χ1n) is 8.29. The molecule has 3 rings (SSSR count). The molecule has 1 aromatic heterocycles. The van der Waals surface area contributed by atoms with Gasteiger partial charge in [0, 0.05) is 11.6 Å². The predicted molar refractivity (Wildman–Crippen MR) is 103 cm³/mol.